The van der Waals surface area contributed by atoms with Crippen LogP contribution >= 0.6 is 11.6 Å². The summed E-state index contributed by atoms with van der Waals surface area (Å²) in [5, 5.41) is 0.762. The summed E-state index contributed by atoms with van der Waals surface area (Å²) in [4.78, 5) is 2.63. The monoisotopic (exact) mass is 437 g/mol. The quantitative estimate of drug-likeness (QED) is 0.330. The van der Waals surface area contributed by atoms with Gasteiger partial charge in [-0.05, 0) is 41.0 Å². The van der Waals surface area contributed by atoms with E-state index in [0.717, 1.165) is 29.6 Å². The predicted molar refractivity (Wildman–Crippen MR) is 130 cm³/mol. The van der Waals surface area contributed by atoms with Gasteiger partial charge in [-0.1, -0.05) is 90.5 Å². The number of ether oxygens (including phenoxy) is 1. The van der Waals surface area contributed by atoms with Crippen LogP contribution in [0.5, 0.6) is 11.5 Å². The molecule has 1 unspecified atom stereocenters. The number of para-hydroxylation sites is 1. The minimum atomic E-state index is 0.208. The van der Waals surface area contributed by atoms with Gasteiger partial charge in [-0.15, -0.1) is 0 Å². The van der Waals surface area contributed by atoms with Crippen LogP contribution in [0.15, 0.2) is 103 Å². The minimum absolute atomic E-state index is 0.208. The highest BCUT2D eigenvalue weighted by Crippen LogP contribution is 2.52. The van der Waals surface area contributed by atoms with Crippen molar-refractivity contribution in [1.82, 2.24) is 4.90 Å². The summed E-state index contributed by atoms with van der Waals surface area (Å²) in [5.74, 6) is 2.55. The highest BCUT2D eigenvalue weighted by Gasteiger charge is 2.42. The van der Waals surface area contributed by atoms with E-state index in [-0.39, 0.29) is 6.04 Å². The first-order valence-electron chi connectivity index (χ1n) is 11.2. The second kappa shape index (κ2) is 8.12. The van der Waals surface area contributed by atoms with Gasteiger partial charge in [0, 0.05) is 35.5 Å². The molecular weight excluding hydrogens is 414 g/mol. The van der Waals surface area contributed by atoms with Crippen LogP contribution in [0.25, 0.3) is 0 Å². The molecule has 0 aromatic heterocycles. The van der Waals surface area contributed by atoms with Crippen molar-refractivity contribution < 1.29 is 4.74 Å². The lowest BCUT2D eigenvalue weighted by atomic mass is 9.84. The van der Waals surface area contributed by atoms with Gasteiger partial charge in [0.15, 0.2) is 0 Å². The molecule has 3 heteroatoms. The van der Waals surface area contributed by atoms with Gasteiger partial charge in [-0.25, -0.2) is 0 Å². The van der Waals surface area contributed by atoms with Crippen molar-refractivity contribution >= 4 is 11.6 Å². The molecule has 158 valence electrons. The van der Waals surface area contributed by atoms with Gasteiger partial charge in [0.2, 0.25) is 0 Å². The predicted octanol–water partition coefficient (Wildman–Crippen LogP) is 7.42. The van der Waals surface area contributed by atoms with Crippen molar-refractivity contribution in [2.75, 3.05) is 13.1 Å². The lowest BCUT2D eigenvalue weighted by Crippen LogP contribution is -2.27. The summed E-state index contributed by atoms with van der Waals surface area (Å²) in [7, 11) is 0. The van der Waals surface area contributed by atoms with Crippen LogP contribution in [0, 0.1) is 0 Å². The van der Waals surface area contributed by atoms with E-state index < -0.39 is 0 Å². The molecule has 1 fully saturated rings. The summed E-state index contributed by atoms with van der Waals surface area (Å²) in [6.45, 7) is 1.91. The molecule has 2 aliphatic heterocycles. The molecule has 0 N–H and O–H groups in total. The van der Waals surface area contributed by atoms with Gasteiger partial charge >= 0.3 is 0 Å². The van der Waals surface area contributed by atoms with Crippen LogP contribution in [0.4, 0.5) is 0 Å². The standard InChI is InChI=1S/C29H24ClNO/c30-22-15-16-28-24(17-22)26-19-31(18-25(26)23-13-7-8-14-27(23)32-28)29(20-9-3-1-4-10-20)21-11-5-2-6-12-21/h1-17,25-26,29H,18-19H2/t25-,26?/m1/s1. The van der Waals surface area contributed by atoms with Crippen LogP contribution in [0.2, 0.25) is 5.02 Å². The summed E-state index contributed by atoms with van der Waals surface area (Å²) in [5.41, 5.74) is 5.14. The second-order valence-electron chi connectivity index (χ2n) is 8.71. The maximum absolute atomic E-state index is 6.45. The Balaban J connectivity index is 1.47. The first kappa shape index (κ1) is 19.6. The molecule has 0 spiro atoms. The molecular formula is C29H24ClNO. The molecule has 1 saturated heterocycles. The Morgan fingerprint density at radius 3 is 1.91 bits per heavy atom. The highest BCUT2D eigenvalue weighted by atomic mass is 35.5. The number of hydrogen-bond donors (Lipinski definition) is 0. The van der Waals surface area contributed by atoms with Gasteiger partial charge in [-0.2, -0.15) is 0 Å². The summed E-state index contributed by atoms with van der Waals surface area (Å²) in [6, 6.07) is 36.4. The summed E-state index contributed by atoms with van der Waals surface area (Å²) >= 11 is 6.45. The van der Waals surface area contributed by atoms with Gasteiger partial charge in [0.25, 0.3) is 0 Å². The van der Waals surface area contributed by atoms with Crippen molar-refractivity contribution in [2.24, 2.45) is 0 Å². The molecule has 0 amide bonds. The van der Waals surface area contributed by atoms with Crippen LogP contribution in [-0.2, 0) is 0 Å². The number of likely N-dealkylation sites (tertiary alicyclic amines) is 1. The smallest absolute Gasteiger partial charge is 0.131 e. The van der Waals surface area contributed by atoms with E-state index in [0.29, 0.717) is 11.8 Å². The fourth-order valence-electron chi connectivity index (χ4n) is 5.46. The Morgan fingerprint density at radius 1 is 0.656 bits per heavy atom. The Bertz CT molecular complexity index is 1200. The molecule has 0 radical (unpaired) electrons. The maximum Gasteiger partial charge on any atom is 0.131 e. The van der Waals surface area contributed by atoms with Crippen molar-refractivity contribution in [3.8, 4) is 11.5 Å². The van der Waals surface area contributed by atoms with Crippen molar-refractivity contribution in [3.63, 3.8) is 0 Å². The third-order valence-electron chi connectivity index (χ3n) is 6.85. The van der Waals surface area contributed by atoms with Gasteiger partial charge in [0.1, 0.15) is 11.5 Å². The fourth-order valence-corrected chi connectivity index (χ4v) is 5.64. The number of hydrogen-bond acceptors (Lipinski definition) is 2. The Labute approximate surface area is 194 Å². The molecule has 4 aromatic carbocycles. The number of benzene rings is 4. The molecule has 32 heavy (non-hydrogen) atoms. The van der Waals surface area contributed by atoms with Crippen molar-refractivity contribution in [3.05, 3.63) is 130 Å². The molecule has 0 aliphatic carbocycles. The number of rotatable bonds is 3. The Hall–Kier alpha value is -3.07. The second-order valence-corrected chi connectivity index (χ2v) is 9.15. The normalized spacial score (nSPS) is 19.6. The average molecular weight is 438 g/mol. The largest absolute Gasteiger partial charge is 0.457 e. The Morgan fingerprint density at radius 2 is 1.22 bits per heavy atom. The molecule has 2 aliphatic rings. The van der Waals surface area contributed by atoms with E-state index in [1.165, 1.54) is 22.3 Å². The van der Waals surface area contributed by atoms with Crippen molar-refractivity contribution in [2.45, 2.75) is 17.9 Å². The SMILES string of the molecule is Clc1ccc2c(c1)C1CN(C(c3ccccc3)c3ccccc3)C[C@@H]1c1ccccc1O2. The molecule has 2 heterocycles. The van der Waals surface area contributed by atoms with E-state index in [4.69, 9.17) is 16.3 Å². The lowest BCUT2D eigenvalue weighted by Gasteiger charge is -2.29. The molecule has 6 rings (SSSR count). The zero-order valence-electron chi connectivity index (χ0n) is 17.7. The molecule has 0 saturated carbocycles. The zero-order chi connectivity index (χ0) is 21.5. The van der Waals surface area contributed by atoms with E-state index in [1.54, 1.807) is 0 Å². The van der Waals surface area contributed by atoms with E-state index in [9.17, 15) is 0 Å². The number of fused-ring (bicyclic) bond motifs is 5. The first-order valence-corrected chi connectivity index (χ1v) is 11.6. The van der Waals surface area contributed by atoms with E-state index in [1.807, 2.05) is 12.1 Å². The molecule has 0 bridgehead atoms. The number of halogens is 1. The summed E-state index contributed by atoms with van der Waals surface area (Å²) in [6.07, 6.45) is 0. The molecule has 2 nitrogen and oxygen atoms in total. The maximum atomic E-state index is 6.45. The third kappa shape index (κ3) is 3.40. The minimum Gasteiger partial charge on any atom is -0.457 e. The van der Waals surface area contributed by atoms with Crippen molar-refractivity contribution in [1.29, 1.82) is 0 Å². The zero-order valence-corrected chi connectivity index (χ0v) is 18.5. The lowest BCUT2D eigenvalue weighted by molar-refractivity contribution is 0.273. The highest BCUT2D eigenvalue weighted by molar-refractivity contribution is 6.30. The van der Waals surface area contributed by atoms with Gasteiger partial charge in [0.05, 0.1) is 6.04 Å². The average Bonchev–Trinajstić information content (AvgIpc) is 3.22. The van der Waals surface area contributed by atoms with E-state index >= 15 is 0 Å². The topological polar surface area (TPSA) is 12.5 Å². The third-order valence-corrected chi connectivity index (χ3v) is 7.09. The molecule has 2 atom stereocenters. The van der Waals surface area contributed by atoms with Gasteiger partial charge < -0.3 is 4.74 Å². The number of nitrogens with zero attached hydrogens (tertiary/aromatic N) is 1. The van der Waals surface area contributed by atoms with Crippen LogP contribution in [-0.4, -0.2) is 18.0 Å². The van der Waals surface area contributed by atoms with Crippen LogP contribution in [0.1, 0.15) is 40.1 Å². The summed E-state index contributed by atoms with van der Waals surface area (Å²) < 4.78 is 6.38. The van der Waals surface area contributed by atoms with Crippen LogP contribution in [0.3, 0.4) is 0 Å². The van der Waals surface area contributed by atoms with E-state index in [2.05, 4.69) is 95.9 Å². The molecule has 4 aromatic rings. The van der Waals surface area contributed by atoms with Gasteiger partial charge in [-0.3, -0.25) is 4.90 Å². The first-order chi connectivity index (χ1) is 15.8. The van der Waals surface area contributed by atoms with Crippen LogP contribution < -0.4 is 4.74 Å². The fraction of sp³-hybridized carbons (Fsp3) is 0.172. The Kier molecular flexibility index (Phi) is 4.98.